The summed E-state index contributed by atoms with van der Waals surface area (Å²) in [6.07, 6.45) is 6.80. The van der Waals surface area contributed by atoms with E-state index >= 15 is 0 Å². The van der Waals surface area contributed by atoms with Crippen molar-refractivity contribution in [3.8, 4) is 0 Å². The molecule has 0 bridgehead atoms. The van der Waals surface area contributed by atoms with Crippen molar-refractivity contribution in [3.05, 3.63) is 47.5 Å². The quantitative estimate of drug-likeness (QED) is 0.632. The van der Waals surface area contributed by atoms with E-state index in [4.69, 9.17) is 0 Å². The van der Waals surface area contributed by atoms with Gasteiger partial charge in [0.05, 0.1) is 0 Å². The lowest BCUT2D eigenvalue weighted by Gasteiger charge is -2.09. The van der Waals surface area contributed by atoms with E-state index < -0.39 is 11.6 Å². The van der Waals surface area contributed by atoms with Crippen LogP contribution in [-0.2, 0) is 6.42 Å². The summed E-state index contributed by atoms with van der Waals surface area (Å²) < 4.78 is 26.1. The second-order valence-corrected chi connectivity index (χ2v) is 3.73. The van der Waals surface area contributed by atoms with Gasteiger partial charge in [-0.1, -0.05) is 24.3 Å². The summed E-state index contributed by atoms with van der Waals surface area (Å²) in [5.41, 5.74) is 0.499. The lowest BCUT2D eigenvalue weighted by atomic mass is 9.97. The van der Waals surface area contributed by atoms with E-state index in [-0.39, 0.29) is 0 Å². The van der Waals surface area contributed by atoms with E-state index in [1.54, 1.807) is 12.1 Å². The summed E-state index contributed by atoms with van der Waals surface area (Å²) in [6.45, 7) is 0. The molecule has 0 amide bonds. The maximum Gasteiger partial charge on any atom is 0.162 e. The van der Waals surface area contributed by atoms with Crippen molar-refractivity contribution in [1.82, 2.24) is 0 Å². The van der Waals surface area contributed by atoms with Crippen LogP contribution in [0.5, 0.6) is 0 Å². The van der Waals surface area contributed by atoms with Gasteiger partial charge in [0.2, 0.25) is 0 Å². The average Bonchev–Trinajstić information content (AvgIpc) is 2.66. The molecule has 0 saturated carbocycles. The second kappa shape index (κ2) is 3.91. The number of benzene rings is 1. The Balaban J connectivity index is 2.12. The molecule has 0 N–H and O–H groups in total. The Labute approximate surface area is 82.3 Å². The fraction of sp³-hybridized carbons (Fsp3) is 0.333. The third-order valence-electron chi connectivity index (χ3n) is 2.65. The average molecular weight is 194 g/mol. The Morgan fingerprint density at radius 2 is 1.86 bits per heavy atom. The largest absolute Gasteiger partial charge is 0.204 e. The highest BCUT2D eigenvalue weighted by Crippen LogP contribution is 2.24. The molecule has 0 spiro atoms. The number of allylic oxidation sites excluding steroid dienone is 2. The smallest absolute Gasteiger partial charge is 0.162 e. The normalized spacial score (nSPS) is 16.4. The summed E-state index contributed by atoms with van der Waals surface area (Å²) in [7, 11) is 0. The molecule has 0 aromatic heterocycles. The van der Waals surface area contributed by atoms with E-state index in [2.05, 4.69) is 12.2 Å². The van der Waals surface area contributed by atoms with Crippen molar-refractivity contribution >= 4 is 0 Å². The molecule has 0 unspecified atom stereocenters. The number of halogens is 2. The minimum atomic E-state index is -0.742. The van der Waals surface area contributed by atoms with E-state index in [0.29, 0.717) is 17.9 Å². The molecule has 0 aliphatic heterocycles. The molecule has 1 aromatic carbocycles. The van der Waals surface area contributed by atoms with Gasteiger partial charge in [0, 0.05) is 0 Å². The monoisotopic (exact) mass is 194 g/mol. The minimum Gasteiger partial charge on any atom is -0.204 e. The Hall–Kier alpha value is -1.18. The molecular weight excluding hydrogens is 182 g/mol. The van der Waals surface area contributed by atoms with Crippen molar-refractivity contribution in [3.63, 3.8) is 0 Å². The molecule has 2 rings (SSSR count). The molecule has 1 aliphatic carbocycles. The van der Waals surface area contributed by atoms with Gasteiger partial charge in [-0.25, -0.2) is 8.78 Å². The molecule has 1 aromatic rings. The first-order valence-electron chi connectivity index (χ1n) is 4.85. The fourth-order valence-electron chi connectivity index (χ4n) is 1.86. The summed E-state index contributed by atoms with van der Waals surface area (Å²) in [5, 5.41) is 0. The van der Waals surface area contributed by atoms with Crippen LogP contribution in [0.25, 0.3) is 0 Å². The van der Waals surface area contributed by atoms with Gasteiger partial charge in [-0.15, -0.1) is 0 Å². The van der Waals surface area contributed by atoms with Crippen LogP contribution < -0.4 is 0 Å². The Morgan fingerprint density at radius 1 is 1.14 bits per heavy atom. The zero-order chi connectivity index (χ0) is 9.97. The summed E-state index contributed by atoms with van der Waals surface area (Å²) in [4.78, 5) is 0. The van der Waals surface area contributed by atoms with E-state index in [9.17, 15) is 8.78 Å². The van der Waals surface area contributed by atoms with Crippen LogP contribution in [-0.4, -0.2) is 0 Å². The molecule has 1 aliphatic rings. The standard InChI is InChI=1S/C12H12F2/c13-11-7-3-6-10(12(11)14)8-9-4-1-2-5-9/h1-3,6-7,9H,4-5,8H2. The third kappa shape index (κ3) is 1.84. The first-order valence-corrected chi connectivity index (χ1v) is 4.85. The Kier molecular flexibility index (Phi) is 2.62. The highest BCUT2D eigenvalue weighted by atomic mass is 19.2. The molecule has 0 nitrogen and oxygen atoms in total. The van der Waals surface area contributed by atoms with Crippen LogP contribution in [0.4, 0.5) is 8.78 Å². The molecule has 0 saturated heterocycles. The van der Waals surface area contributed by atoms with Gasteiger partial charge in [0.15, 0.2) is 11.6 Å². The molecule has 0 radical (unpaired) electrons. The van der Waals surface area contributed by atoms with Gasteiger partial charge < -0.3 is 0 Å². The molecule has 0 fully saturated rings. The summed E-state index contributed by atoms with van der Waals surface area (Å²) in [6, 6.07) is 4.39. The molecule has 74 valence electrons. The Morgan fingerprint density at radius 3 is 2.57 bits per heavy atom. The molecular formula is C12H12F2. The van der Waals surface area contributed by atoms with E-state index in [1.807, 2.05) is 0 Å². The first kappa shape index (κ1) is 9.38. The first-order chi connectivity index (χ1) is 6.77. The van der Waals surface area contributed by atoms with Gasteiger partial charge in [-0.2, -0.15) is 0 Å². The van der Waals surface area contributed by atoms with E-state index in [0.717, 1.165) is 18.9 Å². The zero-order valence-electron chi connectivity index (χ0n) is 7.84. The number of hydrogen-bond acceptors (Lipinski definition) is 0. The topological polar surface area (TPSA) is 0 Å². The Bertz CT molecular complexity index is 347. The van der Waals surface area contributed by atoms with Gasteiger partial charge in [-0.05, 0) is 36.8 Å². The maximum absolute atomic E-state index is 13.3. The van der Waals surface area contributed by atoms with Crippen molar-refractivity contribution in [2.24, 2.45) is 5.92 Å². The molecule has 0 atom stereocenters. The minimum absolute atomic E-state index is 0.450. The number of rotatable bonds is 2. The summed E-state index contributed by atoms with van der Waals surface area (Å²) >= 11 is 0. The van der Waals surface area contributed by atoms with Crippen molar-refractivity contribution in [2.75, 3.05) is 0 Å². The molecule has 0 heterocycles. The zero-order valence-corrected chi connectivity index (χ0v) is 7.84. The van der Waals surface area contributed by atoms with Crippen LogP contribution in [0.3, 0.4) is 0 Å². The van der Waals surface area contributed by atoms with Crippen molar-refractivity contribution < 1.29 is 8.78 Å². The van der Waals surface area contributed by atoms with Crippen LogP contribution in [0, 0.1) is 17.6 Å². The molecule has 2 heteroatoms. The fourth-order valence-corrected chi connectivity index (χ4v) is 1.86. The lowest BCUT2D eigenvalue weighted by molar-refractivity contribution is 0.480. The van der Waals surface area contributed by atoms with Gasteiger partial charge in [0.1, 0.15) is 0 Å². The van der Waals surface area contributed by atoms with Crippen molar-refractivity contribution in [2.45, 2.75) is 19.3 Å². The highest BCUT2D eigenvalue weighted by Gasteiger charge is 2.14. The van der Waals surface area contributed by atoms with Gasteiger partial charge >= 0.3 is 0 Å². The van der Waals surface area contributed by atoms with Crippen molar-refractivity contribution in [1.29, 1.82) is 0 Å². The van der Waals surface area contributed by atoms with E-state index in [1.165, 1.54) is 0 Å². The van der Waals surface area contributed by atoms with Gasteiger partial charge in [-0.3, -0.25) is 0 Å². The van der Waals surface area contributed by atoms with Crippen LogP contribution >= 0.6 is 0 Å². The number of hydrogen-bond donors (Lipinski definition) is 0. The molecule has 14 heavy (non-hydrogen) atoms. The third-order valence-corrected chi connectivity index (χ3v) is 2.65. The van der Waals surface area contributed by atoms with Crippen LogP contribution in [0.2, 0.25) is 0 Å². The van der Waals surface area contributed by atoms with Crippen LogP contribution in [0.15, 0.2) is 30.4 Å². The van der Waals surface area contributed by atoms with Crippen LogP contribution in [0.1, 0.15) is 18.4 Å². The maximum atomic E-state index is 13.3. The predicted octanol–water partition coefficient (Wildman–Crippen LogP) is 3.47. The second-order valence-electron chi connectivity index (χ2n) is 3.73. The van der Waals surface area contributed by atoms with Gasteiger partial charge in [0.25, 0.3) is 0 Å². The SMILES string of the molecule is Fc1cccc(CC2CC=CC2)c1F. The summed E-state index contributed by atoms with van der Waals surface area (Å²) in [5.74, 6) is -0.973. The highest BCUT2D eigenvalue weighted by molar-refractivity contribution is 5.20. The predicted molar refractivity (Wildman–Crippen MR) is 51.9 cm³/mol. The lowest BCUT2D eigenvalue weighted by Crippen LogP contribution is -2.02.